The Labute approximate surface area is 137 Å². The summed E-state index contributed by atoms with van der Waals surface area (Å²) in [5.74, 6) is 1.54. The van der Waals surface area contributed by atoms with Crippen LogP contribution in [0.15, 0.2) is 0 Å². The SMILES string of the molecule is CNc1nc(NC)nc(Nc2c(C)c(C)c(NC)c(C)c2C)n1. The monoisotopic (exact) mass is 315 g/mol. The van der Waals surface area contributed by atoms with Gasteiger partial charge in [-0.05, 0) is 49.9 Å². The van der Waals surface area contributed by atoms with Crippen molar-refractivity contribution in [2.75, 3.05) is 42.4 Å². The Hall–Kier alpha value is -2.57. The molecule has 7 nitrogen and oxygen atoms in total. The maximum atomic E-state index is 4.38. The molecule has 0 unspecified atom stereocenters. The summed E-state index contributed by atoms with van der Waals surface area (Å²) in [7, 11) is 5.52. The van der Waals surface area contributed by atoms with Gasteiger partial charge in [-0.2, -0.15) is 15.0 Å². The van der Waals surface area contributed by atoms with E-state index < -0.39 is 0 Å². The molecule has 1 heterocycles. The number of aromatic nitrogens is 3. The van der Waals surface area contributed by atoms with Crippen LogP contribution in [-0.4, -0.2) is 36.1 Å². The fourth-order valence-electron chi connectivity index (χ4n) is 2.64. The fourth-order valence-corrected chi connectivity index (χ4v) is 2.64. The molecule has 0 aliphatic rings. The zero-order chi connectivity index (χ0) is 17.1. The van der Waals surface area contributed by atoms with E-state index in [1.54, 1.807) is 14.1 Å². The normalized spacial score (nSPS) is 10.4. The molecule has 1 aromatic carbocycles. The standard InChI is InChI=1S/C16H25N7/c1-8-10(3)13(11(4)9(2)12(8)17-5)20-16-22-14(18-6)21-15(19-7)23-16/h17H,1-7H3,(H3,18,19,20,21,22,23). The van der Waals surface area contributed by atoms with Gasteiger partial charge in [-0.1, -0.05) is 0 Å². The third kappa shape index (κ3) is 3.13. The van der Waals surface area contributed by atoms with Crippen LogP contribution in [0.1, 0.15) is 22.3 Å². The van der Waals surface area contributed by atoms with Crippen LogP contribution in [0.4, 0.5) is 29.2 Å². The lowest BCUT2D eigenvalue weighted by atomic mass is 9.96. The van der Waals surface area contributed by atoms with E-state index in [9.17, 15) is 0 Å². The number of anilines is 5. The highest BCUT2D eigenvalue weighted by molar-refractivity contribution is 5.75. The molecule has 4 N–H and O–H groups in total. The van der Waals surface area contributed by atoms with Crippen molar-refractivity contribution in [2.24, 2.45) is 0 Å². The third-order valence-corrected chi connectivity index (χ3v) is 4.19. The van der Waals surface area contributed by atoms with Crippen LogP contribution >= 0.6 is 0 Å². The first-order valence-electron chi connectivity index (χ1n) is 7.59. The highest BCUT2D eigenvalue weighted by Gasteiger charge is 2.15. The molecular formula is C16H25N7. The Morgan fingerprint density at radius 1 is 0.522 bits per heavy atom. The molecule has 0 bridgehead atoms. The third-order valence-electron chi connectivity index (χ3n) is 4.19. The maximum absolute atomic E-state index is 4.38. The minimum Gasteiger partial charge on any atom is -0.388 e. The first kappa shape index (κ1) is 16.8. The number of nitrogens with one attached hydrogen (secondary N) is 4. The molecule has 0 atom stereocenters. The Morgan fingerprint density at radius 2 is 0.913 bits per heavy atom. The molecule has 23 heavy (non-hydrogen) atoms. The highest BCUT2D eigenvalue weighted by atomic mass is 15.3. The average Bonchev–Trinajstić information content (AvgIpc) is 2.57. The Balaban J connectivity index is 2.53. The average molecular weight is 315 g/mol. The van der Waals surface area contributed by atoms with Gasteiger partial charge in [0.15, 0.2) is 0 Å². The largest absolute Gasteiger partial charge is 0.388 e. The van der Waals surface area contributed by atoms with Gasteiger partial charge in [0.1, 0.15) is 0 Å². The zero-order valence-electron chi connectivity index (χ0n) is 14.8. The second-order valence-corrected chi connectivity index (χ2v) is 5.43. The van der Waals surface area contributed by atoms with Crippen molar-refractivity contribution in [3.05, 3.63) is 22.3 Å². The van der Waals surface area contributed by atoms with Crippen molar-refractivity contribution < 1.29 is 0 Å². The van der Waals surface area contributed by atoms with Crippen LogP contribution in [0.2, 0.25) is 0 Å². The van der Waals surface area contributed by atoms with Crippen molar-refractivity contribution in [3.8, 4) is 0 Å². The first-order chi connectivity index (χ1) is 10.9. The summed E-state index contributed by atoms with van der Waals surface area (Å²) in [5.41, 5.74) is 7.00. The van der Waals surface area contributed by atoms with Gasteiger partial charge in [0.05, 0.1) is 0 Å². The lowest BCUT2D eigenvalue weighted by molar-refractivity contribution is 1.05. The van der Waals surface area contributed by atoms with E-state index in [1.165, 1.54) is 27.9 Å². The van der Waals surface area contributed by atoms with E-state index in [0.717, 1.165) is 5.69 Å². The summed E-state index contributed by atoms with van der Waals surface area (Å²) in [6.45, 7) is 8.43. The molecule has 0 amide bonds. The van der Waals surface area contributed by atoms with Crippen molar-refractivity contribution in [1.29, 1.82) is 0 Å². The van der Waals surface area contributed by atoms with Gasteiger partial charge in [-0.25, -0.2) is 0 Å². The molecule has 2 aromatic rings. The molecule has 0 fully saturated rings. The van der Waals surface area contributed by atoms with Crippen LogP contribution < -0.4 is 21.3 Å². The van der Waals surface area contributed by atoms with Gasteiger partial charge in [0.2, 0.25) is 17.8 Å². The number of hydrogen-bond acceptors (Lipinski definition) is 7. The summed E-state index contributed by atoms with van der Waals surface area (Å²) in [6.07, 6.45) is 0. The summed E-state index contributed by atoms with van der Waals surface area (Å²) >= 11 is 0. The number of nitrogens with zero attached hydrogens (tertiary/aromatic N) is 3. The minimum atomic E-state index is 0.510. The highest BCUT2D eigenvalue weighted by Crippen LogP contribution is 2.35. The Morgan fingerprint density at radius 3 is 1.30 bits per heavy atom. The van der Waals surface area contributed by atoms with Gasteiger partial charge < -0.3 is 21.3 Å². The molecule has 0 saturated carbocycles. The lowest BCUT2D eigenvalue weighted by Crippen LogP contribution is -2.10. The predicted octanol–water partition coefficient (Wildman–Crippen LogP) is 2.97. The second kappa shape index (κ2) is 6.68. The summed E-state index contributed by atoms with van der Waals surface area (Å²) < 4.78 is 0. The smallest absolute Gasteiger partial charge is 0.233 e. The molecule has 7 heteroatoms. The van der Waals surface area contributed by atoms with E-state index in [4.69, 9.17) is 0 Å². The Kier molecular flexibility index (Phi) is 4.88. The lowest BCUT2D eigenvalue weighted by Gasteiger charge is -2.21. The topological polar surface area (TPSA) is 86.8 Å². The molecular weight excluding hydrogens is 290 g/mol. The number of hydrogen-bond donors (Lipinski definition) is 4. The summed E-state index contributed by atoms with van der Waals surface area (Å²) in [6, 6.07) is 0. The van der Waals surface area contributed by atoms with Gasteiger partial charge >= 0.3 is 0 Å². The fraction of sp³-hybridized carbons (Fsp3) is 0.438. The molecule has 124 valence electrons. The molecule has 0 saturated heterocycles. The quantitative estimate of drug-likeness (QED) is 0.675. The van der Waals surface area contributed by atoms with Crippen LogP contribution in [0, 0.1) is 27.7 Å². The molecule has 0 spiro atoms. The second-order valence-electron chi connectivity index (χ2n) is 5.43. The molecule has 1 aromatic heterocycles. The Bertz CT molecular complexity index is 674. The minimum absolute atomic E-state index is 0.510. The van der Waals surface area contributed by atoms with Gasteiger partial charge in [-0.3, -0.25) is 0 Å². The van der Waals surface area contributed by atoms with Crippen molar-refractivity contribution in [3.63, 3.8) is 0 Å². The van der Waals surface area contributed by atoms with Crippen molar-refractivity contribution in [2.45, 2.75) is 27.7 Å². The number of benzene rings is 1. The maximum Gasteiger partial charge on any atom is 0.233 e. The number of rotatable bonds is 5. The van der Waals surface area contributed by atoms with E-state index in [2.05, 4.69) is 63.9 Å². The van der Waals surface area contributed by atoms with E-state index >= 15 is 0 Å². The molecule has 0 aliphatic heterocycles. The summed E-state index contributed by atoms with van der Waals surface area (Å²) in [4.78, 5) is 13.0. The zero-order valence-corrected chi connectivity index (χ0v) is 14.8. The molecule has 2 rings (SSSR count). The van der Waals surface area contributed by atoms with Crippen molar-refractivity contribution >= 4 is 29.2 Å². The van der Waals surface area contributed by atoms with E-state index in [1.807, 2.05) is 7.05 Å². The van der Waals surface area contributed by atoms with Crippen LogP contribution in [-0.2, 0) is 0 Å². The van der Waals surface area contributed by atoms with E-state index in [0.29, 0.717) is 17.8 Å². The van der Waals surface area contributed by atoms with E-state index in [-0.39, 0.29) is 0 Å². The summed E-state index contributed by atoms with van der Waals surface area (Å²) in [5, 5.41) is 12.5. The van der Waals surface area contributed by atoms with Crippen molar-refractivity contribution in [1.82, 2.24) is 15.0 Å². The van der Waals surface area contributed by atoms with Crippen LogP contribution in [0.25, 0.3) is 0 Å². The van der Waals surface area contributed by atoms with Crippen LogP contribution in [0.3, 0.4) is 0 Å². The van der Waals surface area contributed by atoms with Gasteiger partial charge in [0, 0.05) is 32.5 Å². The molecule has 0 radical (unpaired) electrons. The first-order valence-corrected chi connectivity index (χ1v) is 7.59. The van der Waals surface area contributed by atoms with Gasteiger partial charge in [-0.15, -0.1) is 0 Å². The van der Waals surface area contributed by atoms with Crippen LogP contribution in [0.5, 0.6) is 0 Å². The molecule has 0 aliphatic carbocycles. The van der Waals surface area contributed by atoms with Gasteiger partial charge in [0.25, 0.3) is 0 Å². The predicted molar refractivity (Wildman–Crippen MR) is 97.1 cm³/mol.